The van der Waals surface area contributed by atoms with Crippen molar-refractivity contribution >= 4 is 5.69 Å². The Kier molecular flexibility index (Phi) is 4.36. The number of anilines is 1. The predicted molar refractivity (Wildman–Crippen MR) is 70.3 cm³/mol. The van der Waals surface area contributed by atoms with Gasteiger partial charge in [0, 0.05) is 37.9 Å². The lowest BCUT2D eigenvalue weighted by Crippen LogP contribution is -2.44. The standard InChI is InChI=1S/C13H21N3O/c14-12(10-17)9-11-3-1-2-4-13(11)16-7-5-15-6-8-16/h1-4,12,15,17H,5-10,14H2. The third-order valence-electron chi connectivity index (χ3n) is 3.17. The molecule has 0 aliphatic carbocycles. The molecule has 0 amide bonds. The van der Waals surface area contributed by atoms with E-state index in [1.165, 1.54) is 11.3 Å². The first-order valence-corrected chi connectivity index (χ1v) is 6.21. The number of aliphatic hydroxyl groups excluding tert-OH is 1. The molecule has 1 aliphatic heterocycles. The normalized spacial score (nSPS) is 18.1. The molecule has 2 rings (SSSR count). The monoisotopic (exact) mass is 235 g/mol. The number of aliphatic hydroxyl groups is 1. The van der Waals surface area contributed by atoms with Gasteiger partial charge in [0.1, 0.15) is 0 Å². The molecule has 1 saturated heterocycles. The highest BCUT2D eigenvalue weighted by atomic mass is 16.3. The lowest BCUT2D eigenvalue weighted by atomic mass is 10.0. The SMILES string of the molecule is NC(CO)Cc1ccccc1N1CCNCC1. The van der Waals surface area contributed by atoms with E-state index < -0.39 is 0 Å². The van der Waals surface area contributed by atoms with Gasteiger partial charge >= 0.3 is 0 Å². The molecule has 4 nitrogen and oxygen atoms in total. The molecular formula is C13H21N3O. The Balaban J connectivity index is 2.14. The molecule has 0 radical (unpaired) electrons. The van der Waals surface area contributed by atoms with Gasteiger partial charge in [0.05, 0.1) is 6.61 Å². The summed E-state index contributed by atoms with van der Waals surface area (Å²) >= 11 is 0. The highest BCUT2D eigenvalue weighted by Crippen LogP contribution is 2.21. The first-order chi connectivity index (χ1) is 8.31. The number of piperazine rings is 1. The third kappa shape index (κ3) is 3.19. The van der Waals surface area contributed by atoms with E-state index in [0.717, 1.165) is 32.6 Å². The number of nitrogens with zero attached hydrogens (tertiary/aromatic N) is 1. The van der Waals surface area contributed by atoms with Crippen molar-refractivity contribution in [1.82, 2.24) is 5.32 Å². The number of nitrogens with two attached hydrogens (primary N) is 1. The van der Waals surface area contributed by atoms with E-state index in [4.69, 9.17) is 10.8 Å². The van der Waals surface area contributed by atoms with Gasteiger partial charge in [-0.1, -0.05) is 18.2 Å². The molecule has 1 unspecified atom stereocenters. The van der Waals surface area contributed by atoms with Crippen LogP contribution in [-0.2, 0) is 6.42 Å². The molecule has 1 heterocycles. The van der Waals surface area contributed by atoms with Crippen LogP contribution in [0.3, 0.4) is 0 Å². The minimum atomic E-state index is -0.168. The van der Waals surface area contributed by atoms with E-state index in [2.05, 4.69) is 28.4 Å². The van der Waals surface area contributed by atoms with E-state index in [-0.39, 0.29) is 12.6 Å². The number of nitrogens with one attached hydrogen (secondary N) is 1. The molecule has 0 spiro atoms. The second-order valence-electron chi connectivity index (χ2n) is 4.51. The van der Waals surface area contributed by atoms with E-state index in [0.29, 0.717) is 0 Å². The average molecular weight is 235 g/mol. The molecule has 1 atom stereocenters. The number of rotatable bonds is 4. The van der Waals surface area contributed by atoms with Gasteiger partial charge in [0.25, 0.3) is 0 Å². The van der Waals surface area contributed by atoms with Crippen LogP contribution in [0.4, 0.5) is 5.69 Å². The lowest BCUT2D eigenvalue weighted by molar-refractivity contribution is 0.265. The third-order valence-corrected chi connectivity index (χ3v) is 3.17. The highest BCUT2D eigenvalue weighted by molar-refractivity contribution is 5.54. The van der Waals surface area contributed by atoms with E-state index in [9.17, 15) is 0 Å². The van der Waals surface area contributed by atoms with Crippen molar-refractivity contribution in [3.63, 3.8) is 0 Å². The van der Waals surface area contributed by atoms with Gasteiger partial charge in [-0.3, -0.25) is 0 Å². The van der Waals surface area contributed by atoms with Gasteiger partial charge in [-0.15, -0.1) is 0 Å². The van der Waals surface area contributed by atoms with Crippen molar-refractivity contribution in [3.8, 4) is 0 Å². The lowest BCUT2D eigenvalue weighted by Gasteiger charge is -2.31. The van der Waals surface area contributed by atoms with Crippen LogP contribution in [-0.4, -0.2) is 43.9 Å². The van der Waals surface area contributed by atoms with Crippen molar-refractivity contribution in [1.29, 1.82) is 0 Å². The number of para-hydroxylation sites is 1. The minimum absolute atomic E-state index is 0.0376. The van der Waals surface area contributed by atoms with Gasteiger partial charge in [0.2, 0.25) is 0 Å². The maximum atomic E-state index is 9.05. The summed E-state index contributed by atoms with van der Waals surface area (Å²) in [7, 11) is 0. The maximum absolute atomic E-state index is 9.05. The zero-order chi connectivity index (χ0) is 12.1. The molecule has 17 heavy (non-hydrogen) atoms. The van der Waals surface area contributed by atoms with Crippen LogP contribution in [0.25, 0.3) is 0 Å². The molecule has 0 bridgehead atoms. The molecule has 4 heteroatoms. The van der Waals surface area contributed by atoms with Crippen LogP contribution in [0.1, 0.15) is 5.56 Å². The van der Waals surface area contributed by atoms with Gasteiger partial charge in [0.15, 0.2) is 0 Å². The second-order valence-corrected chi connectivity index (χ2v) is 4.51. The fourth-order valence-electron chi connectivity index (χ4n) is 2.24. The Bertz CT molecular complexity index is 350. The summed E-state index contributed by atoms with van der Waals surface area (Å²) in [5.41, 5.74) is 8.32. The molecule has 4 N–H and O–H groups in total. The molecule has 94 valence electrons. The van der Waals surface area contributed by atoms with Crippen LogP contribution in [0.15, 0.2) is 24.3 Å². The molecule has 1 aromatic rings. The Morgan fingerprint density at radius 3 is 2.71 bits per heavy atom. The average Bonchev–Trinajstić information content (AvgIpc) is 2.40. The summed E-state index contributed by atoms with van der Waals surface area (Å²) < 4.78 is 0. The first-order valence-electron chi connectivity index (χ1n) is 6.21. The molecule has 1 aliphatic rings. The molecule has 0 aromatic heterocycles. The van der Waals surface area contributed by atoms with Crippen LogP contribution in [0, 0.1) is 0 Å². The van der Waals surface area contributed by atoms with Gasteiger partial charge in [-0.05, 0) is 18.1 Å². The Hall–Kier alpha value is -1.10. The molecule has 1 aromatic carbocycles. The highest BCUT2D eigenvalue weighted by Gasteiger charge is 2.14. The van der Waals surface area contributed by atoms with Crippen molar-refractivity contribution < 1.29 is 5.11 Å². The summed E-state index contributed by atoms with van der Waals surface area (Å²) in [6.45, 7) is 4.16. The number of benzene rings is 1. The van der Waals surface area contributed by atoms with Gasteiger partial charge in [-0.2, -0.15) is 0 Å². The quantitative estimate of drug-likeness (QED) is 0.685. The van der Waals surface area contributed by atoms with Crippen molar-refractivity contribution in [2.75, 3.05) is 37.7 Å². The van der Waals surface area contributed by atoms with Crippen molar-refractivity contribution in [2.24, 2.45) is 5.73 Å². The van der Waals surface area contributed by atoms with Crippen LogP contribution in [0.5, 0.6) is 0 Å². The summed E-state index contributed by atoms with van der Waals surface area (Å²) in [4.78, 5) is 2.38. The molecule has 0 saturated carbocycles. The minimum Gasteiger partial charge on any atom is -0.395 e. The zero-order valence-corrected chi connectivity index (χ0v) is 10.1. The summed E-state index contributed by atoms with van der Waals surface area (Å²) in [6.07, 6.45) is 0.733. The summed E-state index contributed by atoms with van der Waals surface area (Å²) in [6, 6.07) is 8.17. The van der Waals surface area contributed by atoms with Crippen LogP contribution in [0.2, 0.25) is 0 Å². The maximum Gasteiger partial charge on any atom is 0.0585 e. The van der Waals surface area contributed by atoms with Crippen LogP contribution < -0.4 is 16.0 Å². The predicted octanol–water partition coefficient (Wildman–Crippen LogP) is -0.0417. The fourth-order valence-corrected chi connectivity index (χ4v) is 2.24. The number of hydrogen-bond acceptors (Lipinski definition) is 4. The van der Waals surface area contributed by atoms with Crippen molar-refractivity contribution in [3.05, 3.63) is 29.8 Å². The van der Waals surface area contributed by atoms with E-state index in [1.54, 1.807) is 0 Å². The zero-order valence-electron chi connectivity index (χ0n) is 10.1. The fraction of sp³-hybridized carbons (Fsp3) is 0.538. The smallest absolute Gasteiger partial charge is 0.0585 e. The number of hydrogen-bond donors (Lipinski definition) is 3. The van der Waals surface area contributed by atoms with Crippen molar-refractivity contribution in [2.45, 2.75) is 12.5 Å². The first kappa shape index (κ1) is 12.4. The summed E-state index contributed by atoms with van der Waals surface area (Å²) in [5, 5.41) is 12.4. The Morgan fingerprint density at radius 1 is 1.29 bits per heavy atom. The topological polar surface area (TPSA) is 61.5 Å². The largest absolute Gasteiger partial charge is 0.395 e. The van der Waals surface area contributed by atoms with Gasteiger partial charge < -0.3 is 21.1 Å². The molecule has 1 fully saturated rings. The summed E-state index contributed by atoms with van der Waals surface area (Å²) in [5.74, 6) is 0. The Labute approximate surface area is 102 Å². The molecular weight excluding hydrogens is 214 g/mol. The second kappa shape index (κ2) is 6.00. The van der Waals surface area contributed by atoms with Crippen LogP contribution >= 0.6 is 0 Å². The van der Waals surface area contributed by atoms with E-state index in [1.807, 2.05) is 6.07 Å². The Morgan fingerprint density at radius 2 is 2.00 bits per heavy atom. The van der Waals surface area contributed by atoms with E-state index >= 15 is 0 Å². The van der Waals surface area contributed by atoms with Gasteiger partial charge in [-0.25, -0.2) is 0 Å².